The molecule has 7 heteroatoms. The zero-order valence-electron chi connectivity index (χ0n) is 17.7. The Morgan fingerprint density at radius 1 is 1.19 bits per heavy atom. The molecule has 0 fully saturated rings. The van der Waals surface area contributed by atoms with E-state index in [1.54, 1.807) is 30.5 Å². The third-order valence-electron chi connectivity index (χ3n) is 6.79. The highest BCUT2D eigenvalue weighted by Crippen LogP contribution is 2.57. The number of rotatable bonds is 2. The number of fused-ring (bicyclic) bond motifs is 2. The van der Waals surface area contributed by atoms with Crippen LogP contribution in [0.2, 0.25) is 0 Å². The summed E-state index contributed by atoms with van der Waals surface area (Å²) in [4.78, 5) is 25.5. The van der Waals surface area contributed by atoms with Crippen molar-refractivity contribution in [2.45, 2.75) is 37.6 Å². The monoisotopic (exact) mass is 432 g/mol. The number of carbonyl (C=O) groups excluding carboxylic acids is 1. The van der Waals surface area contributed by atoms with Crippen molar-refractivity contribution < 1.29 is 9.90 Å². The number of amides is 1. The molecule has 1 aromatic carbocycles. The van der Waals surface area contributed by atoms with E-state index in [1.807, 2.05) is 32.3 Å². The normalized spacial score (nSPS) is 25.1. The number of likely N-dealkylation sites (N-methyl/N-ethyl adjacent to an activating group) is 1. The summed E-state index contributed by atoms with van der Waals surface area (Å²) in [5, 5.41) is 12.1. The molecule has 2 aromatic heterocycles. The lowest BCUT2D eigenvalue weighted by Gasteiger charge is -2.48. The second-order valence-electron chi connectivity index (χ2n) is 8.60. The van der Waals surface area contributed by atoms with Gasteiger partial charge in [-0.1, -0.05) is 6.07 Å². The maximum atomic E-state index is 13.8. The van der Waals surface area contributed by atoms with Gasteiger partial charge in [0.25, 0.3) is 0 Å². The molecule has 1 unspecified atom stereocenters. The number of aromatic hydroxyl groups is 1. The van der Waals surface area contributed by atoms with Crippen molar-refractivity contribution in [3.8, 4) is 16.9 Å². The van der Waals surface area contributed by atoms with Crippen LogP contribution in [-0.4, -0.2) is 33.9 Å². The van der Waals surface area contributed by atoms with E-state index in [2.05, 4.69) is 22.5 Å². The van der Waals surface area contributed by atoms with E-state index in [1.165, 1.54) is 4.90 Å². The van der Waals surface area contributed by atoms with Crippen molar-refractivity contribution in [3.63, 3.8) is 0 Å². The molecule has 2 atom stereocenters. The molecule has 158 valence electrons. The Bertz CT molecular complexity index is 1250. The largest absolute Gasteiger partial charge is 0.508 e. The zero-order valence-corrected chi connectivity index (χ0v) is 18.5. The average molecular weight is 433 g/mol. The van der Waals surface area contributed by atoms with E-state index < -0.39 is 11.0 Å². The molecule has 1 aliphatic carbocycles. The summed E-state index contributed by atoms with van der Waals surface area (Å²) in [5.41, 5.74) is 9.58. The second kappa shape index (κ2) is 6.65. The number of phenols is 1. The number of aromatic nitrogens is 1. The van der Waals surface area contributed by atoms with Gasteiger partial charge < -0.3 is 10.8 Å². The van der Waals surface area contributed by atoms with E-state index in [-0.39, 0.29) is 17.6 Å². The predicted molar refractivity (Wildman–Crippen MR) is 122 cm³/mol. The van der Waals surface area contributed by atoms with Gasteiger partial charge in [-0.25, -0.2) is 4.99 Å². The van der Waals surface area contributed by atoms with E-state index in [4.69, 9.17) is 10.7 Å². The number of benzene rings is 1. The van der Waals surface area contributed by atoms with Crippen LogP contribution >= 0.6 is 11.3 Å². The van der Waals surface area contributed by atoms with E-state index in [9.17, 15) is 9.90 Å². The lowest BCUT2D eigenvalue weighted by molar-refractivity contribution is -0.136. The molecular weight excluding hydrogens is 408 g/mol. The minimum absolute atomic E-state index is 0.0564. The van der Waals surface area contributed by atoms with Crippen LogP contribution in [0.3, 0.4) is 0 Å². The minimum atomic E-state index is -0.874. The van der Waals surface area contributed by atoms with Crippen LogP contribution in [0.4, 0.5) is 0 Å². The molecule has 6 nitrogen and oxygen atoms in total. The van der Waals surface area contributed by atoms with Crippen molar-refractivity contribution >= 4 is 23.2 Å². The number of nitrogens with two attached hydrogens (primary N) is 1. The first-order valence-corrected chi connectivity index (χ1v) is 11.1. The Morgan fingerprint density at radius 3 is 2.77 bits per heavy atom. The predicted octanol–water partition coefficient (Wildman–Crippen LogP) is 3.71. The molecule has 1 aliphatic heterocycles. The fourth-order valence-corrected chi connectivity index (χ4v) is 6.21. The van der Waals surface area contributed by atoms with Gasteiger partial charge in [0.2, 0.25) is 5.91 Å². The van der Waals surface area contributed by atoms with E-state index >= 15 is 0 Å². The fraction of sp³-hybridized carbons (Fsp3) is 0.292. The van der Waals surface area contributed by atoms with Crippen LogP contribution in [0.5, 0.6) is 5.75 Å². The quantitative estimate of drug-likeness (QED) is 0.646. The van der Waals surface area contributed by atoms with Crippen LogP contribution in [-0.2, 0) is 22.2 Å². The summed E-state index contributed by atoms with van der Waals surface area (Å²) in [5.74, 6) is 0.374. The minimum Gasteiger partial charge on any atom is -0.508 e. The molecule has 0 saturated heterocycles. The standard InChI is InChI=1S/C24H24N4O2S/c1-14-8-16(12-26-11-14)17-10-20(31-13-17)23(2)24(21(30)28(3)22(25)27-23)7-6-15-9-18(29)4-5-19(15)24/h4-5,8-13,29H,6-7H2,1-3H3,(H2,25,27)/t23-,24?/m1/s1. The van der Waals surface area contributed by atoms with Crippen LogP contribution in [0.15, 0.2) is 53.1 Å². The number of nitrogens with zero attached hydrogens (tertiary/aromatic N) is 3. The molecule has 1 amide bonds. The van der Waals surface area contributed by atoms with Crippen LogP contribution in [0, 0.1) is 6.92 Å². The molecule has 2 aliphatic rings. The highest BCUT2D eigenvalue weighted by atomic mass is 32.1. The Balaban J connectivity index is 1.72. The van der Waals surface area contributed by atoms with Crippen molar-refractivity contribution in [3.05, 3.63) is 69.7 Å². The summed E-state index contributed by atoms with van der Waals surface area (Å²) in [6.07, 6.45) is 5.00. The van der Waals surface area contributed by atoms with E-state index in [0.717, 1.165) is 32.7 Å². The van der Waals surface area contributed by atoms with Crippen molar-refractivity contribution in [2.75, 3.05) is 7.05 Å². The number of aliphatic imine (C=N–C) groups is 1. The second-order valence-corrected chi connectivity index (χ2v) is 9.51. The Kier molecular flexibility index (Phi) is 4.24. The molecule has 31 heavy (non-hydrogen) atoms. The first-order chi connectivity index (χ1) is 14.8. The molecule has 1 spiro atoms. The van der Waals surface area contributed by atoms with Gasteiger partial charge in [0.1, 0.15) is 16.7 Å². The summed E-state index contributed by atoms with van der Waals surface area (Å²) in [6, 6.07) is 9.49. The van der Waals surface area contributed by atoms with Gasteiger partial charge in [-0.2, -0.15) is 0 Å². The molecule has 0 radical (unpaired) electrons. The average Bonchev–Trinajstić information content (AvgIpc) is 3.38. The third kappa shape index (κ3) is 2.66. The number of carbonyl (C=O) groups is 1. The molecule has 0 bridgehead atoms. The van der Waals surface area contributed by atoms with Crippen molar-refractivity contribution in [2.24, 2.45) is 10.7 Å². The van der Waals surface area contributed by atoms with Gasteiger partial charge in [-0.3, -0.25) is 14.7 Å². The van der Waals surface area contributed by atoms with Crippen LogP contribution in [0.1, 0.15) is 34.9 Å². The number of guanidine groups is 1. The Morgan fingerprint density at radius 2 is 2.00 bits per heavy atom. The number of phenolic OH excluding ortho intramolecular Hbond substituents is 1. The Labute approximate surface area is 185 Å². The van der Waals surface area contributed by atoms with Crippen molar-refractivity contribution in [1.82, 2.24) is 9.88 Å². The van der Waals surface area contributed by atoms with Crippen molar-refractivity contribution in [1.29, 1.82) is 0 Å². The smallest absolute Gasteiger partial charge is 0.242 e. The number of aryl methyl sites for hydroxylation is 2. The number of thiophene rings is 1. The maximum absolute atomic E-state index is 13.8. The summed E-state index contributed by atoms with van der Waals surface area (Å²) in [7, 11) is 1.68. The molecule has 3 N–H and O–H groups in total. The molecule has 0 saturated carbocycles. The molecule has 3 heterocycles. The summed E-state index contributed by atoms with van der Waals surface area (Å²) in [6.45, 7) is 4.03. The maximum Gasteiger partial charge on any atom is 0.242 e. The van der Waals surface area contributed by atoms with Gasteiger partial charge in [0.05, 0.1) is 0 Å². The molecular formula is C24H24N4O2S. The fourth-order valence-electron chi connectivity index (χ4n) is 5.11. The summed E-state index contributed by atoms with van der Waals surface area (Å²) < 4.78 is 0. The van der Waals surface area contributed by atoms with Gasteiger partial charge in [-0.05, 0) is 78.6 Å². The first-order valence-electron chi connectivity index (χ1n) is 10.2. The lowest BCUT2D eigenvalue weighted by atomic mass is 9.64. The SMILES string of the molecule is Cc1cncc(-c2csc([C@@]3(C)N=C(N)N(C)C(=O)C34CCc3cc(O)ccc34)c2)c1. The van der Waals surface area contributed by atoms with Gasteiger partial charge in [0.15, 0.2) is 5.96 Å². The number of pyridine rings is 1. The third-order valence-corrected chi connectivity index (χ3v) is 7.93. The van der Waals surface area contributed by atoms with Gasteiger partial charge in [0, 0.05) is 29.9 Å². The zero-order chi connectivity index (χ0) is 22.0. The van der Waals surface area contributed by atoms with Crippen LogP contribution in [0.25, 0.3) is 11.1 Å². The Hall–Kier alpha value is -3.19. The highest BCUT2D eigenvalue weighted by Gasteiger charge is 2.62. The number of hydrogen-bond donors (Lipinski definition) is 2. The highest BCUT2D eigenvalue weighted by molar-refractivity contribution is 7.10. The lowest BCUT2D eigenvalue weighted by Crippen LogP contribution is -2.62. The van der Waals surface area contributed by atoms with Gasteiger partial charge in [-0.15, -0.1) is 11.3 Å². The topological polar surface area (TPSA) is 91.8 Å². The van der Waals surface area contributed by atoms with E-state index in [0.29, 0.717) is 12.8 Å². The molecule has 3 aromatic rings. The van der Waals surface area contributed by atoms with Crippen LogP contribution < -0.4 is 5.73 Å². The summed E-state index contributed by atoms with van der Waals surface area (Å²) >= 11 is 1.59. The molecule has 5 rings (SSSR count). The first kappa shape index (κ1) is 19.8. The van der Waals surface area contributed by atoms with Gasteiger partial charge >= 0.3 is 0 Å². The number of hydrogen-bond acceptors (Lipinski definition) is 6.